The van der Waals surface area contributed by atoms with Crippen LogP contribution in [0.1, 0.15) is 31.0 Å². The molecule has 3 rings (SSSR count). The Morgan fingerprint density at radius 2 is 1.87 bits per heavy atom. The molecule has 0 bridgehead atoms. The highest BCUT2D eigenvalue weighted by molar-refractivity contribution is 7.89. The van der Waals surface area contributed by atoms with E-state index in [1.165, 1.54) is 0 Å². The third-order valence-corrected chi connectivity index (χ3v) is 6.50. The molecule has 1 saturated heterocycles. The van der Waals surface area contributed by atoms with E-state index in [0.29, 0.717) is 29.7 Å². The van der Waals surface area contributed by atoms with Crippen LogP contribution in [0.4, 0.5) is 0 Å². The van der Waals surface area contributed by atoms with Crippen LogP contribution < -0.4 is 0 Å². The van der Waals surface area contributed by atoms with E-state index in [4.69, 9.17) is 4.52 Å². The maximum absolute atomic E-state index is 13.0. The van der Waals surface area contributed by atoms with E-state index < -0.39 is 10.0 Å². The first-order valence-electron chi connectivity index (χ1n) is 7.92. The zero-order chi connectivity index (χ0) is 16.6. The number of aryl methyl sites for hydroxylation is 2. The summed E-state index contributed by atoms with van der Waals surface area (Å²) in [4.78, 5) is 0.360. The minimum atomic E-state index is -3.47. The van der Waals surface area contributed by atoms with Gasteiger partial charge in [0.15, 0.2) is 5.76 Å². The van der Waals surface area contributed by atoms with Gasteiger partial charge in [0.05, 0.1) is 10.6 Å². The number of hydrogen-bond donors (Lipinski definition) is 0. The van der Waals surface area contributed by atoms with Gasteiger partial charge in [-0.2, -0.15) is 4.31 Å². The lowest BCUT2D eigenvalue weighted by Gasteiger charge is -2.30. The van der Waals surface area contributed by atoms with Crippen LogP contribution in [0.2, 0.25) is 0 Å². The topological polar surface area (TPSA) is 63.4 Å². The number of benzene rings is 1. The molecule has 0 unspecified atom stereocenters. The van der Waals surface area contributed by atoms with Crippen molar-refractivity contribution in [2.45, 2.75) is 38.5 Å². The summed E-state index contributed by atoms with van der Waals surface area (Å²) in [7, 11) is -3.47. The number of nitrogens with zero attached hydrogens (tertiary/aromatic N) is 2. The van der Waals surface area contributed by atoms with Gasteiger partial charge in [-0.25, -0.2) is 8.42 Å². The largest absolute Gasteiger partial charge is 0.356 e. The molecule has 124 valence electrons. The minimum absolute atomic E-state index is 0.360. The van der Waals surface area contributed by atoms with Crippen molar-refractivity contribution in [2.24, 2.45) is 5.92 Å². The van der Waals surface area contributed by atoms with Gasteiger partial charge < -0.3 is 4.52 Å². The number of sulfonamides is 1. The highest BCUT2D eigenvalue weighted by atomic mass is 32.2. The first kappa shape index (κ1) is 16.2. The average Bonchev–Trinajstić information content (AvgIpc) is 2.94. The monoisotopic (exact) mass is 334 g/mol. The summed E-state index contributed by atoms with van der Waals surface area (Å²) >= 11 is 0. The zero-order valence-corrected chi connectivity index (χ0v) is 14.6. The molecule has 2 aromatic rings. The van der Waals surface area contributed by atoms with Crippen LogP contribution in [0.5, 0.6) is 0 Å². The van der Waals surface area contributed by atoms with Gasteiger partial charge in [-0.05, 0) is 44.2 Å². The smallest absolute Gasteiger partial charge is 0.243 e. The Morgan fingerprint density at radius 3 is 2.48 bits per heavy atom. The molecule has 23 heavy (non-hydrogen) atoms. The van der Waals surface area contributed by atoms with E-state index in [2.05, 4.69) is 12.1 Å². The van der Waals surface area contributed by atoms with Crippen molar-refractivity contribution in [1.82, 2.24) is 9.46 Å². The van der Waals surface area contributed by atoms with Crippen LogP contribution in [0.3, 0.4) is 0 Å². The fourth-order valence-corrected chi connectivity index (χ4v) is 4.62. The number of piperidine rings is 1. The number of rotatable bonds is 3. The predicted molar refractivity (Wildman–Crippen MR) is 88.6 cm³/mol. The molecule has 6 heteroatoms. The van der Waals surface area contributed by atoms with Gasteiger partial charge in [-0.3, -0.25) is 0 Å². The van der Waals surface area contributed by atoms with E-state index in [9.17, 15) is 8.42 Å². The summed E-state index contributed by atoms with van der Waals surface area (Å²) in [5, 5.41) is 3.87. The van der Waals surface area contributed by atoms with Crippen molar-refractivity contribution >= 4 is 10.0 Å². The Kier molecular flexibility index (Phi) is 4.29. The molecule has 1 fully saturated rings. The average molecular weight is 334 g/mol. The van der Waals surface area contributed by atoms with Crippen LogP contribution in [0, 0.1) is 19.8 Å². The van der Waals surface area contributed by atoms with Crippen molar-refractivity contribution < 1.29 is 12.9 Å². The first-order chi connectivity index (χ1) is 10.9. The van der Waals surface area contributed by atoms with Gasteiger partial charge in [-0.1, -0.05) is 24.2 Å². The lowest BCUT2D eigenvalue weighted by Crippen LogP contribution is -2.38. The molecule has 2 heterocycles. The van der Waals surface area contributed by atoms with Crippen LogP contribution >= 0.6 is 0 Å². The van der Waals surface area contributed by atoms with E-state index >= 15 is 0 Å². The summed E-state index contributed by atoms with van der Waals surface area (Å²) in [6.45, 7) is 7.02. The van der Waals surface area contributed by atoms with Crippen molar-refractivity contribution in [3.63, 3.8) is 0 Å². The fourth-order valence-electron chi connectivity index (χ4n) is 2.90. The van der Waals surface area contributed by atoms with Gasteiger partial charge >= 0.3 is 0 Å². The zero-order valence-electron chi connectivity index (χ0n) is 13.7. The van der Waals surface area contributed by atoms with E-state index in [0.717, 1.165) is 29.7 Å². The van der Waals surface area contributed by atoms with Crippen molar-refractivity contribution in [2.75, 3.05) is 13.1 Å². The molecule has 1 aromatic heterocycles. The standard InChI is InChI=1S/C17H22N2O3S/c1-12-6-8-19(9-7-12)23(20,21)17-11-15(5-4-13(17)2)16-10-14(3)18-22-16/h4-5,10-12H,6-9H2,1-3H3. The third-order valence-electron chi connectivity index (χ3n) is 4.46. The Morgan fingerprint density at radius 1 is 1.17 bits per heavy atom. The van der Waals surface area contributed by atoms with Crippen molar-refractivity contribution in [3.05, 3.63) is 35.5 Å². The Hall–Kier alpha value is -1.66. The second kappa shape index (κ2) is 6.09. The molecule has 0 N–H and O–H groups in total. The highest BCUT2D eigenvalue weighted by Crippen LogP contribution is 2.29. The third kappa shape index (κ3) is 3.19. The van der Waals surface area contributed by atoms with Crippen LogP contribution in [0.25, 0.3) is 11.3 Å². The molecule has 0 spiro atoms. The maximum Gasteiger partial charge on any atom is 0.243 e. The molecule has 0 aliphatic carbocycles. The van der Waals surface area contributed by atoms with Crippen LogP contribution in [-0.2, 0) is 10.0 Å². The fraction of sp³-hybridized carbons (Fsp3) is 0.471. The lowest BCUT2D eigenvalue weighted by molar-refractivity contribution is 0.288. The highest BCUT2D eigenvalue weighted by Gasteiger charge is 2.29. The van der Waals surface area contributed by atoms with Crippen molar-refractivity contribution in [3.8, 4) is 11.3 Å². The van der Waals surface area contributed by atoms with E-state index in [-0.39, 0.29) is 0 Å². The van der Waals surface area contributed by atoms with Gasteiger partial charge in [-0.15, -0.1) is 0 Å². The molecule has 0 saturated carbocycles. The lowest BCUT2D eigenvalue weighted by atomic mass is 10.0. The van der Waals surface area contributed by atoms with Gasteiger partial charge in [0.1, 0.15) is 0 Å². The summed E-state index contributed by atoms with van der Waals surface area (Å²) in [5.41, 5.74) is 2.26. The second-order valence-corrected chi connectivity index (χ2v) is 8.31. The molecule has 1 aliphatic rings. The van der Waals surface area contributed by atoms with Crippen molar-refractivity contribution in [1.29, 1.82) is 0 Å². The molecule has 0 amide bonds. The van der Waals surface area contributed by atoms with Crippen LogP contribution in [0.15, 0.2) is 33.7 Å². The summed E-state index contributed by atoms with van der Waals surface area (Å²) in [6, 6.07) is 7.20. The van der Waals surface area contributed by atoms with Gasteiger partial charge in [0.2, 0.25) is 10.0 Å². The Bertz CT molecular complexity index is 803. The molecule has 5 nitrogen and oxygen atoms in total. The molecular weight excluding hydrogens is 312 g/mol. The van der Waals surface area contributed by atoms with E-state index in [1.54, 1.807) is 10.4 Å². The Labute approximate surface area is 137 Å². The summed E-state index contributed by atoms with van der Waals surface area (Å²) in [6.07, 6.45) is 1.83. The number of hydrogen-bond acceptors (Lipinski definition) is 4. The summed E-state index contributed by atoms with van der Waals surface area (Å²) < 4.78 is 32.8. The molecule has 0 atom stereocenters. The Balaban J connectivity index is 1.98. The van der Waals surface area contributed by atoms with E-state index in [1.807, 2.05) is 32.0 Å². The second-order valence-electron chi connectivity index (χ2n) is 6.40. The van der Waals surface area contributed by atoms with Gasteiger partial charge in [0.25, 0.3) is 0 Å². The molecule has 0 radical (unpaired) electrons. The molecule has 1 aromatic carbocycles. The SMILES string of the molecule is Cc1cc(-c2ccc(C)c(S(=O)(=O)N3CCC(C)CC3)c2)on1. The number of aromatic nitrogens is 1. The predicted octanol–water partition coefficient (Wildman–Crippen LogP) is 3.38. The quantitative estimate of drug-likeness (QED) is 0.863. The molecule has 1 aliphatic heterocycles. The normalized spacial score (nSPS) is 17.5. The first-order valence-corrected chi connectivity index (χ1v) is 9.36. The van der Waals surface area contributed by atoms with Crippen LogP contribution in [-0.4, -0.2) is 31.0 Å². The molecular formula is C17H22N2O3S. The van der Waals surface area contributed by atoms with Gasteiger partial charge in [0, 0.05) is 24.7 Å². The minimum Gasteiger partial charge on any atom is -0.356 e. The maximum atomic E-state index is 13.0. The summed E-state index contributed by atoms with van der Waals surface area (Å²) in [5.74, 6) is 1.18.